The van der Waals surface area contributed by atoms with Gasteiger partial charge in [0.05, 0.1) is 18.4 Å². The Balaban J connectivity index is 1.43. The van der Waals surface area contributed by atoms with Crippen LogP contribution in [-0.2, 0) is 0 Å². The molecular formula is C26H29F2N5O2. The molecule has 5 rings (SSSR count). The highest BCUT2D eigenvalue weighted by atomic mass is 19.2. The molecule has 2 bridgehead atoms. The zero-order valence-electron chi connectivity index (χ0n) is 20.3. The van der Waals surface area contributed by atoms with E-state index in [0.717, 1.165) is 25.7 Å². The Morgan fingerprint density at radius 3 is 2.40 bits per heavy atom. The SMILES string of the molecule is COc1cc(-c2cc(O)c(-c3ccc(N(C)C4C[C@]5(C)CC[C@](C)(C4)N5)nn3)c(F)c2F)ccn1. The van der Waals surface area contributed by atoms with Gasteiger partial charge in [0, 0.05) is 42.0 Å². The van der Waals surface area contributed by atoms with Crippen LogP contribution in [0.25, 0.3) is 22.4 Å². The summed E-state index contributed by atoms with van der Waals surface area (Å²) in [6, 6.07) is 7.73. The number of nitrogens with one attached hydrogen (secondary N) is 1. The van der Waals surface area contributed by atoms with E-state index in [1.165, 1.54) is 31.5 Å². The molecule has 2 fully saturated rings. The van der Waals surface area contributed by atoms with Gasteiger partial charge in [-0.15, -0.1) is 10.2 Å². The number of anilines is 1. The number of nitrogens with zero attached hydrogens (tertiary/aromatic N) is 4. The first-order chi connectivity index (χ1) is 16.6. The van der Waals surface area contributed by atoms with Gasteiger partial charge in [0.15, 0.2) is 17.5 Å². The van der Waals surface area contributed by atoms with Crippen molar-refractivity contribution in [1.29, 1.82) is 0 Å². The summed E-state index contributed by atoms with van der Waals surface area (Å²) < 4.78 is 35.2. The van der Waals surface area contributed by atoms with E-state index in [4.69, 9.17) is 4.74 Å². The maximum atomic E-state index is 15.1. The molecule has 0 amide bonds. The Labute approximate surface area is 203 Å². The molecule has 1 unspecified atom stereocenters. The number of ether oxygens (including phenoxy) is 1. The number of phenolic OH excluding ortho intramolecular Hbond substituents is 1. The van der Waals surface area contributed by atoms with Crippen LogP contribution in [-0.4, -0.2) is 51.6 Å². The minimum absolute atomic E-state index is 0.0548. The van der Waals surface area contributed by atoms with E-state index in [1.54, 1.807) is 12.1 Å². The van der Waals surface area contributed by atoms with E-state index < -0.39 is 17.4 Å². The highest BCUT2D eigenvalue weighted by Crippen LogP contribution is 2.44. The minimum Gasteiger partial charge on any atom is -0.507 e. The number of methoxy groups -OCH3 is 1. The Hall–Kier alpha value is -3.33. The summed E-state index contributed by atoms with van der Waals surface area (Å²) in [5, 5.41) is 22.8. The Kier molecular flexibility index (Phi) is 5.62. The summed E-state index contributed by atoms with van der Waals surface area (Å²) >= 11 is 0. The summed E-state index contributed by atoms with van der Waals surface area (Å²) in [5.74, 6) is -1.82. The number of pyridine rings is 1. The number of hydrogen-bond donors (Lipinski definition) is 2. The second kappa shape index (κ2) is 8.41. The van der Waals surface area contributed by atoms with E-state index in [9.17, 15) is 5.11 Å². The fourth-order valence-corrected chi connectivity index (χ4v) is 5.69. The summed E-state index contributed by atoms with van der Waals surface area (Å²) in [4.78, 5) is 6.08. The summed E-state index contributed by atoms with van der Waals surface area (Å²) in [7, 11) is 3.42. The predicted octanol–water partition coefficient (Wildman–Crippen LogP) is 4.70. The van der Waals surface area contributed by atoms with Gasteiger partial charge in [-0.1, -0.05) is 0 Å². The van der Waals surface area contributed by atoms with Crippen LogP contribution in [0.3, 0.4) is 0 Å². The topological polar surface area (TPSA) is 83.4 Å². The average molecular weight is 482 g/mol. The smallest absolute Gasteiger partial charge is 0.213 e. The quantitative estimate of drug-likeness (QED) is 0.547. The van der Waals surface area contributed by atoms with Crippen molar-refractivity contribution in [2.45, 2.75) is 56.7 Å². The van der Waals surface area contributed by atoms with Crippen LogP contribution in [0.1, 0.15) is 39.5 Å². The molecule has 4 heterocycles. The van der Waals surface area contributed by atoms with E-state index in [-0.39, 0.29) is 39.8 Å². The van der Waals surface area contributed by atoms with Crippen LogP contribution in [0.2, 0.25) is 0 Å². The third kappa shape index (κ3) is 4.18. The molecule has 0 spiro atoms. The maximum Gasteiger partial charge on any atom is 0.213 e. The predicted molar refractivity (Wildman–Crippen MR) is 129 cm³/mol. The minimum atomic E-state index is -1.19. The van der Waals surface area contributed by atoms with Gasteiger partial charge in [0.2, 0.25) is 5.88 Å². The molecule has 184 valence electrons. The van der Waals surface area contributed by atoms with Gasteiger partial charge < -0.3 is 20.1 Å². The van der Waals surface area contributed by atoms with Crippen molar-refractivity contribution in [2.24, 2.45) is 0 Å². The highest BCUT2D eigenvalue weighted by molar-refractivity contribution is 5.76. The number of fused-ring (bicyclic) bond motifs is 2. The lowest BCUT2D eigenvalue weighted by Crippen LogP contribution is -2.58. The summed E-state index contributed by atoms with van der Waals surface area (Å²) in [5.41, 5.74) is 0.166. The number of halogens is 2. The van der Waals surface area contributed by atoms with Crippen LogP contribution >= 0.6 is 0 Å². The van der Waals surface area contributed by atoms with Gasteiger partial charge in [0.1, 0.15) is 5.75 Å². The maximum absolute atomic E-state index is 15.1. The van der Waals surface area contributed by atoms with E-state index in [1.807, 2.05) is 7.05 Å². The molecule has 35 heavy (non-hydrogen) atoms. The third-order valence-electron chi connectivity index (χ3n) is 7.46. The molecule has 2 aliphatic rings. The molecule has 0 saturated carbocycles. The van der Waals surface area contributed by atoms with E-state index in [0.29, 0.717) is 11.4 Å². The highest BCUT2D eigenvalue weighted by Gasteiger charge is 2.49. The molecule has 0 radical (unpaired) electrons. The average Bonchev–Trinajstić information content (AvgIpc) is 3.07. The standard InChI is InChI=1S/C26H29F2N5O2/c1-25-8-9-26(2,32-25)14-16(13-25)33(3)20-6-5-18(30-31-20)22-19(34)12-17(23(27)24(22)28)15-7-10-29-21(11-15)35-4/h5-7,10-12,16,32,34H,8-9,13-14H2,1-4H3/t16?,25-,26+. The monoisotopic (exact) mass is 481 g/mol. The molecule has 9 heteroatoms. The number of aromatic hydroxyl groups is 1. The number of aromatic nitrogens is 3. The third-order valence-corrected chi connectivity index (χ3v) is 7.46. The normalized spacial score (nSPS) is 25.5. The molecule has 2 aromatic heterocycles. The van der Waals surface area contributed by atoms with E-state index >= 15 is 8.78 Å². The van der Waals surface area contributed by atoms with Crippen LogP contribution < -0.4 is 15.0 Å². The fraction of sp³-hybridized carbons (Fsp3) is 0.423. The van der Waals surface area contributed by atoms with Gasteiger partial charge in [0.25, 0.3) is 0 Å². The summed E-state index contributed by atoms with van der Waals surface area (Å²) in [6.07, 6.45) is 5.69. The first-order valence-corrected chi connectivity index (χ1v) is 11.7. The zero-order valence-corrected chi connectivity index (χ0v) is 20.3. The van der Waals surface area contributed by atoms with Crippen molar-refractivity contribution in [3.05, 3.63) is 48.2 Å². The summed E-state index contributed by atoms with van der Waals surface area (Å²) in [6.45, 7) is 4.53. The number of benzene rings is 1. The van der Waals surface area contributed by atoms with Crippen molar-refractivity contribution in [3.63, 3.8) is 0 Å². The number of phenols is 1. The zero-order chi connectivity index (χ0) is 25.0. The van der Waals surface area contributed by atoms with Crippen LogP contribution in [0.15, 0.2) is 36.5 Å². The van der Waals surface area contributed by atoms with Crippen LogP contribution in [0.5, 0.6) is 11.6 Å². The molecule has 3 aromatic rings. The van der Waals surface area contributed by atoms with Crippen molar-refractivity contribution >= 4 is 5.82 Å². The lowest BCUT2D eigenvalue weighted by molar-refractivity contribution is 0.207. The second-order valence-corrected chi connectivity index (χ2v) is 10.2. The molecular weight excluding hydrogens is 452 g/mol. The lowest BCUT2D eigenvalue weighted by Gasteiger charge is -2.45. The molecule has 2 aliphatic heterocycles. The van der Waals surface area contributed by atoms with Gasteiger partial charge in [-0.3, -0.25) is 0 Å². The van der Waals surface area contributed by atoms with Crippen molar-refractivity contribution < 1.29 is 18.6 Å². The first kappa shape index (κ1) is 23.4. The Bertz CT molecular complexity index is 1250. The number of rotatable bonds is 5. The van der Waals surface area contributed by atoms with Crippen LogP contribution in [0, 0.1) is 11.6 Å². The molecule has 2 saturated heterocycles. The second-order valence-electron chi connectivity index (χ2n) is 10.2. The van der Waals surface area contributed by atoms with Crippen molar-refractivity contribution in [3.8, 4) is 34.0 Å². The lowest BCUT2D eigenvalue weighted by atomic mass is 9.84. The van der Waals surface area contributed by atoms with Crippen LogP contribution in [0.4, 0.5) is 14.6 Å². The first-order valence-electron chi connectivity index (χ1n) is 11.7. The van der Waals surface area contributed by atoms with Gasteiger partial charge in [-0.05, 0) is 69.4 Å². The van der Waals surface area contributed by atoms with Crippen molar-refractivity contribution in [1.82, 2.24) is 20.5 Å². The molecule has 7 nitrogen and oxygen atoms in total. The molecule has 0 aliphatic carbocycles. The Morgan fingerprint density at radius 1 is 1.06 bits per heavy atom. The largest absolute Gasteiger partial charge is 0.507 e. The number of hydrogen-bond acceptors (Lipinski definition) is 7. The molecule has 1 aromatic carbocycles. The van der Waals surface area contributed by atoms with Gasteiger partial charge in [-0.25, -0.2) is 13.8 Å². The molecule has 3 atom stereocenters. The number of piperidine rings is 1. The Morgan fingerprint density at radius 2 is 1.77 bits per heavy atom. The fourth-order valence-electron chi connectivity index (χ4n) is 5.69. The van der Waals surface area contributed by atoms with Gasteiger partial charge in [-0.2, -0.15) is 0 Å². The van der Waals surface area contributed by atoms with Gasteiger partial charge >= 0.3 is 0 Å². The van der Waals surface area contributed by atoms with E-state index in [2.05, 4.69) is 39.2 Å². The van der Waals surface area contributed by atoms with Crippen molar-refractivity contribution in [2.75, 3.05) is 19.1 Å². The molecule has 2 N–H and O–H groups in total.